The van der Waals surface area contributed by atoms with Gasteiger partial charge in [0.05, 0.1) is 5.52 Å². The van der Waals surface area contributed by atoms with Gasteiger partial charge in [-0.25, -0.2) is 0 Å². The molecular formula is C16H21BrN2. The number of nitrogens with zero attached hydrogens (tertiary/aromatic N) is 1. The van der Waals surface area contributed by atoms with Crippen LogP contribution in [-0.4, -0.2) is 11.5 Å². The molecular weight excluding hydrogens is 300 g/mol. The van der Waals surface area contributed by atoms with E-state index in [4.69, 9.17) is 4.98 Å². The van der Waals surface area contributed by atoms with Crippen molar-refractivity contribution in [3.63, 3.8) is 0 Å². The Kier molecular flexibility index (Phi) is 3.86. The minimum atomic E-state index is 0.0534. The van der Waals surface area contributed by atoms with Crippen LogP contribution in [0.2, 0.25) is 0 Å². The maximum Gasteiger partial charge on any atom is 0.0756 e. The molecule has 2 nitrogen and oxygen atoms in total. The highest BCUT2D eigenvalue weighted by atomic mass is 79.9. The van der Waals surface area contributed by atoms with Gasteiger partial charge in [-0.3, -0.25) is 4.98 Å². The fraction of sp³-hybridized carbons (Fsp3) is 0.438. The Labute approximate surface area is 123 Å². The summed E-state index contributed by atoms with van der Waals surface area (Å²) >= 11 is 3.57. The number of aryl methyl sites for hydroxylation is 1. The Bertz CT molecular complexity index is 612. The number of benzene rings is 1. The van der Waals surface area contributed by atoms with Crippen LogP contribution in [0.5, 0.6) is 0 Å². The summed E-state index contributed by atoms with van der Waals surface area (Å²) in [5, 5.41) is 4.64. The molecule has 0 saturated heterocycles. The van der Waals surface area contributed by atoms with E-state index < -0.39 is 0 Å². The molecule has 0 saturated carbocycles. The van der Waals surface area contributed by atoms with E-state index in [1.807, 2.05) is 0 Å². The summed E-state index contributed by atoms with van der Waals surface area (Å²) in [7, 11) is 0. The molecule has 0 aliphatic heterocycles. The quantitative estimate of drug-likeness (QED) is 0.838. The fourth-order valence-electron chi connectivity index (χ4n) is 2.18. The summed E-state index contributed by atoms with van der Waals surface area (Å²) in [4.78, 5) is 4.87. The Morgan fingerprint density at radius 1 is 1.21 bits per heavy atom. The topological polar surface area (TPSA) is 24.9 Å². The zero-order chi connectivity index (χ0) is 14.2. The number of nitrogens with one attached hydrogen (secondary N) is 1. The van der Waals surface area contributed by atoms with Gasteiger partial charge in [0.25, 0.3) is 0 Å². The van der Waals surface area contributed by atoms with E-state index in [0.717, 1.165) is 22.2 Å². The van der Waals surface area contributed by atoms with Crippen LogP contribution < -0.4 is 5.32 Å². The first-order chi connectivity index (χ1) is 8.82. The van der Waals surface area contributed by atoms with Crippen LogP contribution in [0.3, 0.4) is 0 Å². The Balaban J connectivity index is 2.79. The highest BCUT2D eigenvalue weighted by Crippen LogP contribution is 2.32. The summed E-state index contributed by atoms with van der Waals surface area (Å²) in [6, 6.07) is 6.44. The Morgan fingerprint density at radius 2 is 1.89 bits per heavy atom. The van der Waals surface area contributed by atoms with Gasteiger partial charge in [0.2, 0.25) is 0 Å². The fourth-order valence-corrected chi connectivity index (χ4v) is 2.75. The molecule has 0 radical (unpaired) electrons. The summed E-state index contributed by atoms with van der Waals surface area (Å²) in [5.74, 6) is 0. The van der Waals surface area contributed by atoms with Crippen LogP contribution in [-0.2, 0) is 5.41 Å². The number of hydrogen-bond acceptors (Lipinski definition) is 2. The lowest BCUT2D eigenvalue weighted by Crippen LogP contribution is -2.14. The molecule has 2 aromatic rings. The predicted octanol–water partition coefficient (Wildman–Crippen LogP) is 5.04. The molecule has 0 fully saturated rings. The maximum absolute atomic E-state index is 4.87. The SMILES string of the molecule is CCNc1cc(C(C)(C)C)nc2c(C)cc(Br)cc12. The predicted molar refractivity (Wildman–Crippen MR) is 87.0 cm³/mol. The smallest absolute Gasteiger partial charge is 0.0756 e. The molecule has 0 aliphatic rings. The van der Waals surface area contributed by atoms with E-state index in [2.05, 4.69) is 74.1 Å². The van der Waals surface area contributed by atoms with Gasteiger partial charge in [0.1, 0.15) is 0 Å². The molecule has 1 N–H and O–H groups in total. The van der Waals surface area contributed by atoms with Crippen molar-refractivity contribution < 1.29 is 0 Å². The van der Waals surface area contributed by atoms with Crippen molar-refractivity contribution in [1.82, 2.24) is 4.98 Å². The molecule has 0 spiro atoms. The molecule has 19 heavy (non-hydrogen) atoms. The highest BCUT2D eigenvalue weighted by molar-refractivity contribution is 9.10. The van der Waals surface area contributed by atoms with Gasteiger partial charge in [-0.15, -0.1) is 0 Å². The van der Waals surface area contributed by atoms with Gasteiger partial charge < -0.3 is 5.32 Å². The van der Waals surface area contributed by atoms with E-state index >= 15 is 0 Å². The number of pyridine rings is 1. The number of anilines is 1. The van der Waals surface area contributed by atoms with Crippen molar-refractivity contribution in [2.24, 2.45) is 0 Å². The summed E-state index contributed by atoms with van der Waals surface area (Å²) in [6.07, 6.45) is 0. The molecule has 0 unspecified atom stereocenters. The zero-order valence-corrected chi connectivity index (χ0v) is 13.9. The average molecular weight is 321 g/mol. The van der Waals surface area contributed by atoms with E-state index in [1.165, 1.54) is 16.6 Å². The molecule has 1 aromatic heterocycles. The van der Waals surface area contributed by atoms with Gasteiger partial charge in [-0.2, -0.15) is 0 Å². The Morgan fingerprint density at radius 3 is 2.47 bits per heavy atom. The molecule has 0 atom stereocenters. The van der Waals surface area contributed by atoms with Crippen LogP contribution >= 0.6 is 15.9 Å². The molecule has 1 heterocycles. The number of fused-ring (bicyclic) bond motifs is 1. The number of hydrogen-bond donors (Lipinski definition) is 1. The minimum Gasteiger partial charge on any atom is -0.385 e. The van der Waals surface area contributed by atoms with Gasteiger partial charge in [-0.1, -0.05) is 36.7 Å². The van der Waals surface area contributed by atoms with Crippen LogP contribution in [0, 0.1) is 6.92 Å². The third-order valence-electron chi connectivity index (χ3n) is 3.20. The third-order valence-corrected chi connectivity index (χ3v) is 3.66. The average Bonchev–Trinajstić information content (AvgIpc) is 2.28. The normalized spacial score (nSPS) is 11.9. The standard InChI is InChI=1S/C16H21BrN2/c1-6-18-13-9-14(16(3,4)5)19-15-10(2)7-11(17)8-12(13)15/h7-9H,6H2,1-5H3,(H,18,19). The van der Waals surface area contributed by atoms with E-state index in [-0.39, 0.29) is 5.41 Å². The third kappa shape index (κ3) is 2.92. The van der Waals surface area contributed by atoms with Crippen molar-refractivity contribution in [3.8, 4) is 0 Å². The summed E-state index contributed by atoms with van der Waals surface area (Å²) < 4.78 is 1.10. The summed E-state index contributed by atoms with van der Waals surface area (Å²) in [5.41, 5.74) is 4.64. The molecule has 3 heteroatoms. The molecule has 102 valence electrons. The monoisotopic (exact) mass is 320 g/mol. The van der Waals surface area contributed by atoms with Crippen molar-refractivity contribution in [2.45, 2.75) is 40.0 Å². The Hall–Kier alpha value is -1.09. The van der Waals surface area contributed by atoms with Gasteiger partial charge in [0.15, 0.2) is 0 Å². The first-order valence-corrected chi connectivity index (χ1v) is 7.47. The van der Waals surface area contributed by atoms with Crippen molar-refractivity contribution in [2.75, 3.05) is 11.9 Å². The summed E-state index contributed by atoms with van der Waals surface area (Å²) in [6.45, 7) is 11.7. The van der Waals surface area contributed by atoms with Gasteiger partial charge in [0, 0.05) is 33.2 Å². The van der Waals surface area contributed by atoms with Crippen LogP contribution in [0.1, 0.15) is 39.0 Å². The van der Waals surface area contributed by atoms with Crippen molar-refractivity contribution in [3.05, 3.63) is 33.9 Å². The molecule has 0 amide bonds. The van der Waals surface area contributed by atoms with Crippen molar-refractivity contribution in [1.29, 1.82) is 0 Å². The van der Waals surface area contributed by atoms with Crippen molar-refractivity contribution >= 4 is 32.5 Å². The minimum absolute atomic E-state index is 0.0534. The lowest BCUT2D eigenvalue weighted by atomic mass is 9.90. The second kappa shape index (κ2) is 5.12. The van der Waals surface area contributed by atoms with Crippen LogP contribution in [0.15, 0.2) is 22.7 Å². The van der Waals surface area contributed by atoms with Gasteiger partial charge in [-0.05, 0) is 37.6 Å². The second-order valence-corrected chi connectivity index (χ2v) is 6.87. The van der Waals surface area contributed by atoms with Gasteiger partial charge >= 0.3 is 0 Å². The van der Waals surface area contributed by atoms with E-state index in [1.54, 1.807) is 0 Å². The molecule has 0 aliphatic carbocycles. The molecule has 2 rings (SSSR count). The number of rotatable bonds is 2. The zero-order valence-electron chi connectivity index (χ0n) is 12.3. The molecule has 1 aromatic carbocycles. The van der Waals surface area contributed by atoms with E-state index in [0.29, 0.717) is 0 Å². The lowest BCUT2D eigenvalue weighted by molar-refractivity contribution is 0.571. The molecule has 0 bridgehead atoms. The van der Waals surface area contributed by atoms with E-state index in [9.17, 15) is 0 Å². The highest BCUT2D eigenvalue weighted by Gasteiger charge is 2.18. The first-order valence-electron chi connectivity index (χ1n) is 6.68. The largest absolute Gasteiger partial charge is 0.385 e. The van der Waals surface area contributed by atoms with Crippen LogP contribution in [0.4, 0.5) is 5.69 Å². The number of halogens is 1. The second-order valence-electron chi connectivity index (χ2n) is 5.95. The first kappa shape index (κ1) is 14.3. The maximum atomic E-state index is 4.87. The number of aromatic nitrogens is 1. The van der Waals surface area contributed by atoms with Crippen LogP contribution in [0.25, 0.3) is 10.9 Å². The lowest BCUT2D eigenvalue weighted by Gasteiger charge is -2.21.